The van der Waals surface area contributed by atoms with E-state index >= 15 is 0 Å². The highest BCUT2D eigenvalue weighted by Crippen LogP contribution is 2.38. The average molecular weight is 682 g/mol. The Morgan fingerprint density at radius 2 is 1.80 bits per heavy atom. The molecule has 1 aliphatic heterocycles. The van der Waals surface area contributed by atoms with Crippen molar-refractivity contribution in [1.82, 2.24) is 34.6 Å². The summed E-state index contributed by atoms with van der Waals surface area (Å²) in [6.45, 7) is 8.59. The molecule has 3 N–H and O–H groups in total. The van der Waals surface area contributed by atoms with E-state index in [0.717, 1.165) is 83.7 Å². The summed E-state index contributed by atoms with van der Waals surface area (Å²) in [7, 11) is 1.87. The second kappa shape index (κ2) is 17.0. The Hall–Kier alpha value is -3.42. The number of benzene rings is 1. The van der Waals surface area contributed by atoms with Crippen LogP contribution in [0.2, 0.25) is 0 Å². The topological polar surface area (TPSA) is 112 Å². The van der Waals surface area contributed by atoms with Gasteiger partial charge in [0.1, 0.15) is 17.2 Å². The Balaban J connectivity index is 1.12. The minimum absolute atomic E-state index is 0.00704. The maximum Gasteiger partial charge on any atom is 0.225 e. The number of hydrogen-bond donors (Lipinski definition) is 3. The molecule has 0 unspecified atom stereocenters. The van der Waals surface area contributed by atoms with Crippen LogP contribution in [0, 0.1) is 17.6 Å². The van der Waals surface area contributed by atoms with Crippen LogP contribution >= 0.6 is 0 Å². The van der Waals surface area contributed by atoms with E-state index in [1.807, 2.05) is 16.5 Å². The van der Waals surface area contributed by atoms with E-state index in [1.54, 1.807) is 6.20 Å². The Kier molecular flexibility index (Phi) is 12.3. The van der Waals surface area contributed by atoms with Crippen LogP contribution in [0.15, 0.2) is 24.4 Å². The first-order valence-corrected chi connectivity index (χ1v) is 18.4. The van der Waals surface area contributed by atoms with Gasteiger partial charge in [-0.1, -0.05) is 13.3 Å². The summed E-state index contributed by atoms with van der Waals surface area (Å²) in [4.78, 5) is 31.9. The number of nitrogens with one attached hydrogen (secondary N) is 3. The second-order valence-corrected chi connectivity index (χ2v) is 14.0. The zero-order valence-corrected chi connectivity index (χ0v) is 29.1. The van der Waals surface area contributed by atoms with Crippen molar-refractivity contribution in [1.29, 1.82) is 0 Å². The quantitative estimate of drug-likeness (QED) is 0.180. The molecule has 2 saturated carbocycles. The first kappa shape index (κ1) is 35.4. The highest BCUT2D eigenvalue weighted by atomic mass is 19.1. The molecule has 1 aromatic carbocycles. The summed E-state index contributed by atoms with van der Waals surface area (Å²) < 4.78 is 36.7. The number of ether oxygens (including phenoxy) is 1. The number of nitrogens with zero attached hydrogens (tertiary/aromatic N) is 6. The summed E-state index contributed by atoms with van der Waals surface area (Å²) in [6, 6.07) is 3.69. The second-order valence-electron chi connectivity index (χ2n) is 14.0. The number of halogens is 2. The SMILES string of the molecule is CCNCCN(C)C(=O)[C@H]1CC[C@@H](n2c(Nc3ccc(F)cc3F)nc3cnc(N[C@H]4CC[C@H](OCCN5CCCCC5)CC4)nc32)CC1. The van der Waals surface area contributed by atoms with Crippen LogP contribution in [0.3, 0.4) is 0 Å². The molecule has 13 heteroatoms. The van der Waals surface area contributed by atoms with Crippen molar-refractivity contribution in [2.75, 3.05) is 63.6 Å². The third kappa shape index (κ3) is 9.23. The fraction of sp³-hybridized carbons (Fsp3) is 0.667. The fourth-order valence-corrected chi connectivity index (χ4v) is 7.62. The molecular weight excluding hydrogens is 628 g/mol. The van der Waals surface area contributed by atoms with Gasteiger partial charge in [-0.15, -0.1) is 0 Å². The van der Waals surface area contributed by atoms with Gasteiger partial charge in [0.2, 0.25) is 17.8 Å². The first-order valence-electron chi connectivity index (χ1n) is 18.4. The van der Waals surface area contributed by atoms with Crippen molar-refractivity contribution in [3.05, 3.63) is 36.0 Å². The molecule has 49 heavy (non-hydrogen) atoms. The zero-order chi connectivity index (χ0) is 34.2. The normalized spacial score (nSPS) is 23.4. The highest BCUT2D eigenvalue weighted by Gasteiger charge is 2.32. The number of fused-ring (bicyclic) bond motifs is 1. The Morgan fingerprint density at radius 3 is 2.53 bits per heavy atom. The van der Waals surface area contributed by atoms with Gasteiger partial charge in [0.25, 0.3) is 0 Å². The molecule has 0 radical (unpaired) electrons. The number of rotatable bonds is 14. The molecule has 2 aromatic heterocycles. The van der Waals surface area contributed by atoms with Gasteiger partial charge in [0.05, 0.1) is 24.6 Å². The maximum absolute atomic E-state index is 14.8. The van der Waals surface area contributed by atoms with Gasteiger partial charge >= 0.3 is 0 Å². The van der Waals surface area contributed by atoms with Gasteiger partial charge < -0.3 is 30.5 Å². The Bertz CT molecular complexity index is 1520. The molecule has 1 saturated heterocycles. The van der Waals surface area contributed by atoms with E-state index < -0.39 is 11.6 Å². The van der Waals surface area contributed by atoms with Crippen molar-refractivity contribution in [3.8, 4) is 0 Å². The van der Waals surface area contributed by atoms with Crippen LogP contribution in [-0.4, -0.2) is 100 Å². The largest absolute Gasteiger partial charge is 0.377 e. The number of hydrogen-bond acceptors (Lipinski definition) is 9. The molecule has 3 fully saturated rings. The molecule has 3 aromatic rings. The summed E-state index contributed by atoms with van der Waals surface area (Å²) in [5.74, 6) is -0.253. The summed E-state index contributed by atoms with van der Waals surface area (Å²) in [6.07, 6.45) is 12.9. The molecule has 0 spiro atoms. The van der Waals surface area contributed by atoms with E-state index in [2.05, 4.69) is 32.8 Å². The number of likely N-dealkylation sites (tertiary alicyclic amines) is 1. The minimum atomic E-state index is -0.701. The van der Waals surface area contributed by atoms with Crippen molar-refractivity contribution >= 4 is 34.7 Å². The number of likely N-dealkylation sites (N-methyl/N-ethyl adjacent to an activating group) is 2. The molecule has 6 rings (SSSR count). The smallest absolute Gasteiger partial charge is 0.225 e. The minimum Gasteiger partial charge on any atom is -0.377 e. The highest BCUT2D eigenvalue weighted by molar-refractivity contribution is 5.79. The molecule has 11 nitrogen and oxygen atoms in total. The molecule has 268 valence electrons. The molecule has 3 heterocycles. The predicted octanol–water partition coefficient (Wildman–Crippen LogP) is 5.87. The van der Waals surface area contributed by atoms with Gasteiger partial charge in [-0.3, -0.25) is 9.36 Å². The molecule has 0 atom stereocenters. The number of anilines is 3. The number of aromatic nitrogens is 4. The van der Waals surface area contributed by atoms with Gasteiger partial charge in [0, 0.05) is 50.7 Å². The number of carbonyl (C=O) groups excluding carboxylic acids is 1. The summed E-state index contributed by atoms with van der Waals surface area (Å²) in [5.41, 5.74) is 1.36. The molecule has 1 amide bonds. The number of imidazole rings is 1. The van der Waals surface area contributed by atoms with E-state index in [4.69, 9.17) is 14.7 Å². The number of carbonyl (C=O) groups is 1. The van der Waals surface area contributed by atoms with Crippen LogP contribution in [0.1, 0.15) is 83.6 Å². The van der Waals surface area contributed by atoms with Crippen molar-refractivity contribution in [3.63, 3.8) is 0 Å². The van der Waals surface area contributed by atoms with E-state index in [9.17, 15) is 13.6 Å². The van der Waals surface area contributed by atoms with Crippen molar-refractivity contribution < 1.29 is 18.3 Å². The third-order valence-corrected chi connectivity index (χ3v) is 10.5. The van der Waals surface area contributed by atoms with Gasteiger partial charge in [-0.05, 0) is 96.0 Å². The molecule has 2 aliphatic carbocycles. The predicted molar refractivity (Wildman–Crippen MR) is 188 cm³/mol. The third-order valence-electron chi connectivity index (χ3n) is 10.5. The van der Waals surface area contributed by atoms with Gasteiger partial charge in [-0.25, -0.2) is 18.7 Å². The average Bonchev–Trinajstić information content (AvgIpc) is 3.47. The van der Waals surface area contributed by atoms with Crippen molar-refractivity contribution in [2.24, 2.45) is 5.92 Å². The standard InChI is InChI=1S/C36H53F2N9O2/c1-3-39-17-20-45(2)34(48)25-7-12-28(13-8-25)47-33-32(43-36(47)42-31-16-9-26(37)23-30(31)38)24-40-35(44-33)41-27-10-14-29(15-11-27)49-22-21-46-18-5-4-6-19-46/h9,16,23-25,27-29,39H,3-8,10-15,17-22H2,1-2H3,(H,42,43)(H,40,41,44)/t25-,27-,28+,29-. The lowest BCUT2D eigenvalue weighted by atomic mass is 9.85. The lowest BCUT2D eigenvalue weighted by molar-refractivity contribution is -0.135. The van der Waals surface area contributed by atoms with Crippen LogP contribution in [-0.2, 0) is 9.53 Å². The molecule has 3 aliphatic rings. The van der Waals surface area contributed by atoms with E-state index in [0.29, 0.717) is 35.7 Å². The van der Waals surface area contributed by atoms with Crippen molar-refractivity contribution in [2.45, 2.75) is 95.7 Å². The lowest BCUT2D eigenvalue weighted by Crippen LogP contribution is -2.39. The van der Waals surface area contributed by atoms with Crippen LogP contribution in [0.4, 0.5) is 26.4 Å². The van der Waals surface area contributed by atoms with Gasteiger partial charge in [-0.2, -0.15) is 4.98 Å². The Morgan fingerprint density at radius 1 is 1.02 bits per heavy atom. The maximum atomic E-state index is 14.8. The number of piperidine rings is 1. The fourth-order valence-electron chi connectivity index (χ4n) is 7.62. The van der Waals surface area contributed by atoms with Crippen LogP contribution in [0.25, 0.3) is 11.2 Å². The first-order chi connectivity index (χ1) is 23.9. The van der Waals surface area contributed by atoms with E-state index in [-0.39, 0.29) is 29.6 Å². The summed E-state index contributed by atoms with van der Waals surface area (Å²) >= 11 is 0. The molecular formula is C36H53F2N9O2. The van der Waals surface area contributed by atoms with Crippen LogP contribution in [0.5, 0.6) is 0 Å². The zero-order valence-electron chi connectivity index (χ0n) is 29.1. The summed E-state index contributed by atoms with van der Waals surface area (Å²) in [5, 5.41) is 9.94. The van der Waals surface area contributed by atoms with Gasteiger partial charge in [0.15, 0.2) is 5.65 Å². The number of amides is 1. The monoisotopic (exact) mass is 681 g/mol. The Labute approximate surface area is 288 Å². The van der Waals surface area contributed by atoms with Crippen LogP contribution < -0.4 is 16.0 Å². The molecule has 0 bridgehead atoms. The lowest BCUT2D eigenvalue weighted by Gasteiger charge is -2.32. The van der Waals surface area contributed by atoms with E-state index in [1.165, 1.54) is 44.5 Å².